The first-order valence-corrected chi connectivity index (χ1v) is 6.75. The highest BCUT2D eigenvalue weighted by molar-refractivity contribution is 6.31. The summed E-state index contributed by atoms with van der Waals surface area (Å²) in [5.74, 6) is -0.0626. The SMILES string of the molecule is CC(NC(=O)C1(N)CCCC1)c1ccccc1Cl. The smallest absolute Gasteiger partial charge is 0.240 e. The van der Waals surface area contributed by atoms with Crippen LogP contribution in [0.25, 0.3) is 0 Å². The van der Waals surface area contributed by atoms with Gasteiger partial charge >= 0.3 is 0 Å². The molecule has 1 aliphatic carbocycles. The van der Waals surface area contributed by atoms with E-state index in [0.29, 0.717) is 5.02 Å². The average Bonchev–Trinajstić information content (AvgIpc) is 2.78. The average molecular weight is 267 g/mol. The highest BCUT2D eigenvalue weighted by atomic mass is 35.5. The zero-order chi connectivity index (χ0) is 13.2. The number of benzene rings is 1. The molecule has 0 radical (unpaired) electrons. The molecular weight excluding hydrogens is 248 g/mol. The Morgan fingerprint density at radius 2 is 2.00 bits per heavy atom. The van der Waals surface area contributed by atoms with Gasteiger partial charge in [0.2, 0.25) is 5.91 Å². The van der Waals surface area contributed by atoms with Crippen LogP contribution in [0, 0.1) is 0 Å². The van der Waals surface area contributed by atoms with Crippen LogP contribution in [0.4, 0.5) is 0 Å². The van der Waals surface area contributed by atoms with Crippen molar-refractivity contribution in [3.8, 4) is 0 Å². The Balaban J connectivity index is 2.06. The molecule has 3 N–H and O–H groups in total. The van der Waals surface area contributed by atoms with Gasteiger partial charge in [-0.3, -0.25) is 4.79 Å². The summed E-state index contributed by atoms with van der Waals surface area (Å²) in [5, 5.41) is 3.64. The Morgan fingerprint density at radius 3 is 2.61 bits per heavy atom. The van der Waals surface area contributed by atoms with Crippen LogP contribution < -0.4 is 11.1 Å². The number of carbonyl (C=O) groups excluding carboxylic acids is 1. The molecule has 0 saturated heterocycles. The normalized spacial score (nSPS) is 19.5. The van der Waals surface area contributed by atoms with E-state index >= 15 is 0 Å². The first kappa shape index (κ1) is 13.4. The molecule has 2 rings (SSSR count). The minimum absolute atomic E-state index is 0.0626. The number of nitrogens with one attached hydrogen (secondary N) is 1. The van der Waals surface area contributed by atoms with E-state index in [-0.39, 0.29) is 11.9 Å². The van der Waals surface area contributed by atoms with Crippen molar-refractivity contribution in [3.63, 3.8) is 0 Å². The van der Waals surface area contributed by atoms with E-state index < -0.39 is 5.54 Å². The van der Waals surface area contributed by atoms with Gasteiger partial charge in [0, 0.05) is 5.02 Å². The van der Waals surface area contributed by atoms with Gasteiger partial charge in [-0.15, -0.1) is 0 Å². The third-order valence-corrected chi connectivity index (χ3v) is 4.01. The predicted molar refractivity (Wildman–Crippen MR) is 73.4 cm³/mol. The van der Waals surface area contributed by atoms with Gasteiger partial charge in [-0.05, 0) is 31.4 Å². The number of halogens is 1. The lowest BCUT2D eigenvalue weighted by molar-refractivity contribution is -0.126. The molecule has 4 heteroatoms. The molecule has 1 aromatic carbocycles. The molecule has 1 fully saturated rings. The minimum Gasteiger partial charge on any atom is -0.348 e. The van der Waals surface area contributed by atoms with Crippen LogP contribution in [0.5, 0.6) is 0 Å². The fourth-order valence-electron chi connectivity index (χ4n) is 2.48. The molecule has 1 atom stereocenters. The second-order valence-corrected chi connectivity index (χ2v) is 5.49. The zero-order valence-electron chi connectivity index (χ0n) is 10.6. The van der Waals surface area contributed by atoms with Crippen LogP contribution in [0.3, 0.4) is 0 Å². The third-order valence-electron chi connectivity index (χ3n) is 3.67. The molecule has 0 spiro atoms. The van der Waals surface area contributed by atoms with E-state index in [1.54, 1.807) is 0 Å². The van der Waals surface area contributed by atoms with Crippen LogP contribution in [0.1, 0.15) is 44.2 Å². The highest BCUT2D eigenvalue weighted by Crippen LogP contribution is 2.29. The number of nitrogens with two attached hydrogens (primary N) is 1. The first-order chi connectivity index (χ1) is 8.53. The summed E-state index contributed by atoms with van der Waals surface area (Å²) >= 11 is 6.11. The van der Waals surface area contributed by atoms with Crippen molar-refractivity contribution in [1.82, 2.24) is 5.32 Å². The summed E-state index contributed by atoms with van der Waals surface area (Å²) in [5.41, 5.74) is 6.36. The van der Waals surface area contributed by atoms with Gasteiger partial charge in [0.15, 0.2) is 0 Å². The summed E-state index contributed by atoms with van der Waals surface area (Å²) in [6, 6.07) is 7.42. The molecule has 18 heavy (non-hydrogen) atoms. The molecule has 1 amide bonds. The lowest BCUT2D eigenvalue weighted by Crippen LogP contribution is -2.52. The van der Waals surface area contributed by atoms with Crippen molar-refractivity contribution in [1.29, 1.82) is 0 Å². The Morgan fingerprint density at radius 1 is 1.39 bits per heavy atom. The van der Waals surface area contributed by atoms with Crippen molar-refractivity contribution < 1.29 is 4.79 Å². The molecule has 98 valence electrons. The molecule has 0 aromatic heterocycles. The fraction of sp³-hybridized carbons (Fsp3) is 0.500. The third kappa shape index (κ3) is 2.68. The maximum Gasteiger partial charge on any atom is 0.240 e. The van der Waals surface area contributed by atoms with Gasteiger partial charge < -0.3 is 11.1 Å². The maximum absolute atomic E-state index is 12.2. The molecule has 1 aromatic rings. The van der Waals surface area contributed by atoms with Crippen molar-refractivity contribution >= 4 is 17.5 Å². The number of rotatable bonds is 3. The second-order valence-electron chi connectivity index (χ2n) is 5.08. The van der Waals surface area contributed by atoms with Crippen LogP contribution in [-0.4, -0.2) is 11.4 Å². The number of hydrogen-bond donors (Lipinski definition) is 2. The van der Waals surface area contributed by atoms with Crippen molar-refractivity contribution in [3.05, 3.63) is 34.9 Å². The quantitative estimate of drug-likeness (QED) is 0.884. The van der Waals surface area contributed by atoms with E-state index in [1.807, 2.05) is 31.2 Å². The summed E-state index contributed by atoms with van der Waals surface area (Å²) in [4.78, 5) is 12.2. The Hall–Kier alpha value is -1.06. The van der Waals surface area contributed by atoms with Crippen molar-refractivity contribution in [2.45, 2.75) is 44.2 Å². The van der Waals surface area contributed by atoms with Gasteiger partial charge in [-0.2, -0.15) is 0 Å². The molecule has 0 heterocycles. The molecule has 1 unspecified atom stereocenters. The molecule has 1 saturated carbocycles. The van der Waals surface area contributed by atoms with Crippen LogP contribution in [0.15, 0.2) is 24.3 Å². The predicted octanol–water partition coefficient (Wildman–Crippen LogP) is 2.79. The van der Waals surface area contributed by atoms with Crippen LogP contribution in [-0.2, 0) is 4.79 Å². The minimum atomic E-state index is -0.685. The Kier molecular flexibility index (Phi) is 3.93. The molecule has 1 aliphatic rings. The standard InChI is InChI=1S/C14H19ClN2O/c1-10(11-6-2-3-7-12(11)15)17-13(18)14(16)8-4-5-9-14/h2-3,6-7,10H,4-5,8-9,16H2,1H3,(H,17,18). The number of amides is 1. The molecule has 0 aliphatic heterocycles. The summed E-state index contributed by atoms with van der Waals surface area (Å²) in [6.45, 7) is 1.93. The second kappa shape index (κ2) is 5.29. The van der Waals surface area contributed by atoms with E-state index in [1.165, 1.54) is 0 Å². The number of hydrogen-bond acceptors (Lipinski definition) is 2. The van der Waals surface area contributed by atoms with Crippen molar-refractivity contribution in [2.75, 3.05) is 0 Å². The molecule has 0 bridgehead atoms. The topological polar surface area (TPSA) is 55.1 Å². The molecule has 3 nitrogen and oxygen atoms in total. The first-order valence-electron chi connectivity index (χ1n) is 6.37. The van der Waals surface area contributed by atoms with Gasteiger partial charge in [0.25, 0.3) is 0 Å². The van der Waals surface area contributed by atoms with Gasteiger partial charge in [0.1, 0.15) is 0 Å². The van der Waals surface area contributed by atoms with E-state index in [9.17, 15) is 4.79 Å². The number of carbonyl (C=O) groups is 1. The Bertz CT molecular complexity index is 441. The van der Waals surface area contributed by atoms with E-state index in [2.05, 4.69) is 5.32 Å². The maximum atomic E-state index is 12.2. The summed E-state index contributed by atoms with van der Waals surface area (Å²) < 4.78 is 0. The van der Waals surface area contributed by atoms with Crippen molar-refractivity contribution in [2.24, 2.45) is 5.73 Å². The zero-order valence-corrected chi connectivity index (χ0v) is 11.3. The van der Waals surface area contributed by atoms with E-state index in [4.69, 9.17) is 17.3 Å². The van der Waals surface area contributed by atoms with Crippen LogP contribution in [0.2, 0.25) is 5.02 Å². The fourth-order valence-corrected chi connectivity index (χ4v) is 2.78. The lowest BCUT2D eigenvalue weighted by atomic mass is 9.97. The lowest BCUT2D eigenvalue weighted by Gasteiger charge is -2.25. The molecular formula is C14H19ClN2O. The van der Waals surface area contributed by atoms with E-state index in [0.717, 1.165) is 31.2 Å². The summed E-state index contributed by atoms with van der Waals surface area (Å²) in [6.07, 6.45) is 3.61. The van der Waals surface area contributed by atoms with Gasteiger partial charge in [-0.1, -0.05) is 42.6 Å². The van der Waals surface area contributed by atoms with Crippen LogP contribution >= 0.6 is 11.6 Å². The largest absolute Gasteiger partial charge is 0.348 e. The highest BCUT2D eigenvalue weighted by Gasteiger charge is 2.37. The monoisotopic (exact) mass is 266 g/mol. The summed E-state index contributed by atoms with van der Waals surface area (Å²) in [7, 11) is 0. The van der Waals surface area contributed by atoms with Gasteiger partial charge in [-0.25, -0.2) is 0 Å². The van der Waals surface area contributed by atoms with Gasteiger partial charge in [0.05, 0.1) is 11.6 Å². The Labute approximate surface area is 113 Å².